The Kier molecular flexibility index (Phi) is 2.48. The van der Waals surface area contributed by atoms with E-state index < -0.39 is 0 Å². The Labute approximate surface area is 112 Å². The molecule has 0 saturated heterocycles. The molecule has 0 unspecified atom stereocenters. The Morgan fingerprint density at radius 2 is 1.39 bits per heavy atom. The molecule has 4 rings (SSSR count). The van der Waals surface area contributed by atoms with Crippen molar-refractivity contribution in [2.45, 2.75) is 77.0 Å². The van der Waals surface area contributed by atoms with Crippen molar-refractivity contribution in [3.05, 3.63) is 12.2 Å². The van der Waals surface area contributed by atoms with Gasteiger partial charge in [-0.25, -0.2) is 0 Å². The lowest BCUT2D eigenvalue weighted by Crippen LogP contribution is -2.58. The third-order valence-electron chi connectivity index (χ3n) is 7.51. The van der Waals surface area contributed by atoms with Crippen molar-refractivity contribution in [3.63, 3.8) is 0 Å². The zero-order chi connectivity index (χ0) is 12.2. The van der Waals surface area contributed by atoms with Gasteiger partial charge in [-0.15, -0.1) is 0 Å². The molecule has 0 aromatic rings. The van der Waals surface area contributed by atoms with E-state index in [0.717, 1.165) is 17.3 Å². The first-order valence-electron chi connectivity index (χ1n) is 8.48. The van der Waals surface area contributed by atoms with Gasteiger partial charge >= 0.3 is 0 Å². The first-order valence-corrected chi connectivity index (χ1v) is 8.48. The van der Waals surface area contributed by atoms with Crippen LogP contribution in [0.25, 0.3) is 0 Å². The Morgan fingerprint density at radius 3 is 1.67 bits per heavy atom. The van der Waals surface area contributed by atoms with Gasteiger partial charge in [-0.2, -0.15) is 0 Å². The van der Waals surface area contributed by atoms with Crippen LogP contribution in [0, 0.1) is 22.7 Å². The highest BCUT2D eigenvalue weighted by molar-refractivity contribution is 5.27. The summed E-state index contributed by atoms with van der Waals surface area (Å²) in [7, 11) is 0. The number of rotatable bonds is 4. The monoisotopic (exact) mass is 244 g/mol. The molecule has 4 fully saturated rings. The molecular weight excluding hydrogens is 216 g/mol. The van der Waals surface area contributed by atoms with Crippen LogP contribution in [0.1, 0.15) is 77.0 Å². The predicted molar refractivity (Wildman–Crippen MR) is 76.4 cm³/mol. The Balaban J connectivity index is 1.63. The average Bonchev–Trinajstić information content (AvgIpc) is 2.05. The van der Waals surface area contributed by atoms with Gasteiger partial charge in [0, 0.05) is 0 Å². The fourth-order valence-corrected chi connectivity index (χ4v) is 5.61. The fraction of sp³-hybridized carbons (Fsp3) is 0.889. The Bertz CT molecular complexity index is 348. The topological polar surface area (TPSA) is 0 Å². The Hall–Kier alpha value is -0.260. The van der Waals surface area contributed by atoms with E-state index >= 15 is 0 Å². The second-order valence-corrected chi connectivity index (χ2v) is 7.73. The quantitative estimate of drug-likeness (QED) is 0.574. The van der Waals surface area contributed by atoms with Crippen molar-refractivity contribution in [2.24, 2.45) is 22.7 Å². The summed E-state index contributed by atoms with van der Waals surface area (Å²) in [5.74, 6) is 2.01. The van der Waals surface area contributed by atoms with Crippen LogP contribution in [0.3, 0.4) is 0 Å². The van der Waals surface area contributed by atoms with Crippen LogP contribution in [0.2, 0.25) is 0 Å². The lowest BCUT2D eigenvalue weighted by Gasteiger charge is -2.68. The molecule has 4 saturated carbocycles. The van der Waals surface area contributed by atoms with Gasteiger partial charge in [0.15, 0.2) is 0 Å². The van der Waals surface area contributed by atoms with Crippen LogP contribution in [-0.2, 0) is 0 Å². The van der Waals surface area contributed by atoms with Crippen molar-refractivity contribution in [3.8, 4) is 0 Å². The summed E-state index contributed by atoms with van der Waals surface area (Å²) >= 11 is 0. The Morgan fingerprint density at radius 1 is 0.778 bits per heavy atom. The second-order valence-electron chi connectivity index (χ2n) is 7.73. The lowest BCUT2D eigenvalue weighted by molar-refractivity contribution is -0.141. The van der Waals surface area contributed by atoms with Crippen LogP contribution in [0.5, 0.6) is 0 Å². The van der Waals surface area contributed by atoms with Gasteiger partial charge in [-0.05, 0) is 74.0 Å². The molecule has 0 amide bonds. The minimum absolute atomic E-state index is 0.626. The SMILES string of the molecule is C=C(C1CCC1)C1(C2(C3CCC3)CCC2)CCC1. The molecule has 18 heavy (non-hydrogen) atoms. The summed E-state index contributed by atoms with van der Waals surface area (Å²) in [4.78, 5) is 0. The van der Waals surface area contributed by atoms with Crippen molar-refractivity contribution in [1.29, 1.82) is 0 Å². The van der Waals surface area contributed by atoms with Crippen LogP contribution in [-0.4, -0.2) is 0 Å². The van der Waals surface area contributed by atoms with Gasteiger partial charge in [-0.1, -0.05) is 37.8 Å². The average molecular weight is 244 g/mol. The van der Waals surface area contributed by atoms with Gasteiger partial charge in [-0.3, -0.25) is 0 Å². The largest absolute Gasteiger partial charge is 0.0990 e. The molecule has 0 aromatic heterocycles. The summed E-state index contributed by atoms with van der Waals surface area (Å²) in [5, 5.41) is 0. The van der Waals surface area contributed by atoms with E-state index in [2.05, 4.69) is 6.58 Å². The van der Waals surface area contributed by atoms with E-state index in [4.69, 9.17) is 0 Å². The van der Waals surface area contributed by atoms with Gasteiger partial charge in [0.05, 0.1) is 0 Å². The first kappa shape index (κ1) is 11.6. The summed E-state index contributed by atoms with van der Waals surface area (Å²) < 4.78 is 0. The fourth-order valence-electron chi connectivity index (χ4n) is 5.61. The number of hydrogen-bond donors (Lipinski definition) is 0. The molecule has 0 heteroatoms. The molecule has 100 valence electrons. The van der Waals surface area contributed by atoms with Crippen molar-refractivity contribution < 1.29 is 0 Å². The van der Waals surface area contributed by atoms with E-state index in [-0.39, 0.29) is 0 Å². The zero-order valence-electron chi connectivity index (χ0n) is 11.8. The van der Waals surface area contributed by atoms with Crippen LogP contribution < -0.4 is 0 Å². The van der Waals surface area contributed by atoms with Crippen LogP contribution in [0.15, 0.2) is 12.2 Å². The minimum atomic E-state index is 0.626. The van der Waals surface area contributed by atoms with Crippen molar-refractivity contribution in [2.75, 3.05) is 0 Å². The van der Waals surface area contributed by atoms with Gasteiger partial charge in [0.1, 0.15) is 0 Å². The molecule has 0 nitrogen and oxygen atoms in total. The van der Waals surface area contributed by atoms with E-state index in [0.29, 0.717) is 5.41 Å². The number of allylic oxidation sites excluding steroid dienone is 1. The van der Waals surface area contributed by atoms with E-state index in [9.17, 15) is 0 Å². The van der Waals surface area contributed by atoms with Gasteiger partial charge in [0.25, 0.3) is 0 Å². The third-order valence-corrected chi connectivity index (χ3v) is 7.51. The predicted octanol–water partition coefficient (Wildman–Crippen LogP) is 5.48. The molecule has 0 aromatic carbocycles. The maximum atomic E-state index is 4.66. The molecule has 4 aliphatic carbocycles. The highest BCUT2D eigenvalue weighted by Gasteiger charge is 2.63. The molecule has 0 bridgehead atoms. The zero-order valence-corrected chi connectivity index (χ0v) is 11.8. The number of hydrogen-bond acceptors (Lipinski definition) is 0. The maximum Gasteiger partial charge on any atom is -0.00290 e. The van der Waals surface area contributed by atoms with Crippen molar-refractivity contribution >= 4 is 0 Å². The lowest BCUT2D eigenvalue weighted by atomic mass is 9.37. The van der Waals surface area contributed by atoms with Gasteiger partial charge in [0.2, 0.25) is 0 Å². The molecule has 0 spiro atoms. The summed E-state index contributed by atoms with van der Waals surface area (Å²) in [6.45, 7) is 4.66. The van der Waals surface area contributed by atoms with E-state index in [1.807, 2.05) is 0 Å². The van der Waals surface area contributed by atoms with Gasteiger partial charge < -0.3 is 0 Å². The maximum absolute atomic E-state index is 4.66. The summed E-state index contributed by atoms with van der Waals surface area (Å²) in [6, 6.07) is 0. The first-order chi connectivity index (χ1) is 8.79. The summed E-state index contributed by atoms with van der Waals surface area (Å²) in [5.41, 5.74) is 3.10. The standard InChI is InChI=1S/C18H28/c1-14(15-6-2-7-15)17(10-4-11-17)18(12-5-13-18)16-8-3-9-16/h15-16H,1-13H2. The second kappa shape index (κ2) is 3.87. The molecule has 0 atom stereocenters. The van der Waals surface area contributed by atoms with E-state index in [1.165, 1.54) is 51.4 Å². The minimum Gasteiger partial charge on any atom is -0.0990 e. The molecule has 0 aliphatic heterocycles. The molecular formula is C18H28. The molecule has 0 radical (unpaired) electrons. The smallest absolute Gasteiger partial charge is 0.00290 e. The van der Waals surface area contributed by atoms with Crippen molar-refractivity contribution in [1.82, 2.24) is 0 Å². The third kappa shape index (κ3) is 1.23. The molecule has 0 heterocycles. The molecule has 4 aliphatic rings. The van der Waals surface area contributed by atoms with E-state index in [1.54, 1.807) is 31.3 Å². The normalized spacial score (nSPS) is 33.8. The van der Waals surface area contributed by atoms with Crippen LogP contribution >= 0.6 is 0 Å². The highest BCUT2D eigenvalue weighted by atomic mass is 14.7. The highest BCUT2D eigenvalue weighted by Crippen LogP contribution is 2.73. The molecule has 0 N–H and O–H groups in total. The summed E-state index contributed by atoms with van der Waals surface area (Å²) in [6.07, 6.45) is 18.1. The van der Waals surface area contributed by atoms with Crippen LogP contribution in [0.4, 0.5) is 0 Å².